The van der Waals surface area contributed by atoms with Crippen LogP contribution in [0.15, 0.2) is 29.2 Å². The third-order valence-electron chi connectivity index (χ3n) is 8.55. The molecule has 4 aliphatic carbocycles. The number of hydrogen-bond donors (Lipinski definition) is 1. The fourth-order valence-corrected chi connectivity index (χ4v) is 10.0. The molecule has 1 unspecified atom stereocenters. The summed E-state index contributed by atoms with van der Waals surface area (Å²) < 4.78 is 28.9. The first-order chi connectivity index (χ1) is 17.7. The molecule has 1 heterocycles. The summed E-state index contributed by atoms with van der Waals surface area (Å²) in [6, 6.07) is 6.56. The summed E-state index contributed by atoms with van der Waals surface area (Å²) in [6.45, 7) is 1.68. The van der Waals surface area contributed by atoms with Gasteiger partial charge in [-0.1, -0.05) is 12.1 Å². The van der Waals surface area contributed by atoms with E-state index < -0.39 is 28.3 Å². The van der Waals surface area contributed by atoms with Crippen LogP contribution in [0.4, 0.5) is 0 Å². The largest absolute Gasteiger partial charge is 0.452 e. The van der Waals surface area contributed by atoms with Gasteiger partial charge in [0.05, 0.1) is 22.8 Å². The molecule has 2 amide bonds. The number of ether oxygens (including phenoxy) is 1. The highest BCUT2D eigenvalue weighted by atomic mass is 32.2. The third-order valence-corrected chi connectivity index (χ3v) is 11.4. The molecular formula is C27H36N2O6S2. The Morgan fingerprint density at radius 1 is 1.08 bits per heavy atom. The van der Waals surface area contributed by atoms with E-state index in [0.29, 0.717) is 23.4 Å². The molecule has 1 atom stereocenters. The highest BCUT2D eigenvalue weighted by Crippen LogP contribution is 2.55. The minimum absolute atomic E-state index is 0.00426. The van der Waals surface area contributed by atoms with Crippen molar-refractivity contribution < 1.29 is 27.5 Å². The summed E-state index contributed by atoms with van der Waals surface area (Å²) in [4.78, 5) is 40.6. The van der Waals surface area contributed by atoms with Crippen LogP contribution in [0.2, 0.25) is 0 Å². The molecule has 37 heavy (non-hydrogen) atoms. The molecule has 4 bridgehead atoms. The predicted molar refractivity (Wildman–Crippen MR) is 141 cm³/mol. The highest BCUT2D eigenvalue weighted by Gasteiger charge is 2.51. The lowest BCUT2D eigenvalue weighted by molar-refractivity contribution is -0.136. The highest BCUT2D eigenvalue weighted by molar-refractivity contribution is 8.00. The van der Waals surface area contributed by atoms with E-state index in [1.807, 2.05) is 0 Å². The summed E-state index contributed by atoms with van der Waals surface area (Å²) >= 11 is 1.30. The SMILES string of the molecule is CCN(C(=O)COC(=O)c1ccccc1SCC(=O)NC12CC3CC(CC(C3)C1)C2)C1CCS(=O)(=O)C1. The van der Waals surface area contributed by atoms with Gasteiger partial charge in [0, 0.05) is 23.0 Å². The van der Waals surface area contributed by atoms with Crippen molar-refractivity contribution in [3.05, 3.63) is 29.8 Å². The van der Waals surface area contributed by atoms with Gasteiger partial charge in [-0.05, 0) is 81.8 Å². The maximum absolute atomic E-state index is 12.9. The van der Waals surface area contributed by atoms with Crippen molar-refractivity contribution in [2.24, 2.45) is 17.8 Å². The summed E-state index contributed by atoms with van der Waals surface area (Å²) in [5.74, 6) is 1.44. The molecule has 0 aromatic heterocycles. The number of carbonyl (C=O) groups is 3. The second-order valence-electron chi connectivity index (χ2n) is 11.3. The minimum Gasteiger partial charge on any atom is -0.452 e. The van der Waals surface area contributed by atoms with E-state index in [1.165, 1.54) is 35.9 Å². The Bertz CT molecular complexity index is 1130. The molecule has 6 rings (SSSR count). The number of likely N-dealkylation sites (N-methyl/N-ethyl adjacent to an activating group) is 1. The number of thioether (sulfide) groups is 1. The zero-order chi connectivity index (χ0) is 26.2. The lowest BCUT2D eigenvalue weighted by atomic mass is 9.53. The van der Waals surface area contributed by atoms with Crippen molar-refractivity contribution in [3.63, 3.8) is 0 Å². The number of hydrogen-bond acceptors (Lipinski definition) is 7. The Balaban J connectivity index is 1.14. The second kappa shape index (κ2) is 10.6. The molecule has 4 saturated carbocycles. The van der Waals surface area contributed by atoms with Crippen molar-refractivity contribution in [1.82, 2.24) is 10.2 Å². The van der Waals surface area contributed by atoms with Crippen LogP contribution < -0.4 is 5.32 Å². The monoisotopic (exact) mass is 548 g/mol. The van der Waals surface area contributed by atoms with E-state index in [0.717, 1.165) is 37.0 Å². The van der Waals surface area contributed by atoms with E-state index in [2.05, 4.69) is 5.32 Å². The zero-order valence-corrected chi connectivity index (χ0v) is 23.0. The fraction of sp³-hybridized carbons (Fsp3) is 0.667. The van der Waals surface area contributed by atoms with Crippen molar-refractivity contribution in [2.75, 3.05) is 30.4 Å². The van der Waals surface area contributed by atoms with Gasteiger partial charge in [-0.25, -0.2) is 13.2 Å². The average Bonchev–Trinajstić information content (AvgIpc) is 3.19. The van der Waals surface area contributed by atoms with Crippen LogP contribution in [0, 0.1) is 17.8 Å². The van der Waals surface area contributed by atoms with Crippen LogP contribution in [0.1, 0.15) is 62.2 Å². The Hall–Kier alpha value is -2.07. The fourth-order valence-electron chi connectivity index (χ4n) is 7.45. The van der Waals surface area contributed by atoms with E-state index in [-0.39, 0.29) is 34.7 Å². The van der Waals surface area contributed by atoms with E-state index in [4.69, 9.17) is 4.74 Å². The van der Waals surface area contributed by atoms with Crippen LogP contribution in [0.3, 0.4) is 0 Å². The lowest BCUT2D eigenvalue weighted by Gasteiger charge is -2.56. The van der Waals surface area contributed by atoms with Crippen LogP contribution in [0.25, 0.3) is 0 Å². The summed E-state index contributed by atoms with van der Waals surface area (Å²) in [5, 5.41) is 3.37. The molecule has 0 radical (unpaired) electrons. The topological polar surface area (TPSA) is 110 Å². The first-order valence-corrected chi connectivity index (χ1v) is 16.2. The maximum atomic E-state index is 12.9. The van der Waals surface area contributed by atoms with Gasteiger partial charge in [0.1, 0.15) is 0 Å². The molecule has 0 spiro atoms. The molecule has 5 fully saturated rings. The minimum atomic E-state index is -3.13. The van der Waals surface area contributed by atoms with E-state index in [1.54, 1.807) is 31.2 Å². The third kappa shape index (κ3) is 6.00. The smallest absolute Gasteiger partial charge is 0.339 e. The standard InChI is InChI=1S/C27H36N2O6S2/c1-2-29(21-7-8-37(33,34)17-21)25(31)15-35-26(32)22-5-3-4-6-23(22)36-16-24(30)28-27-12-18-9-19(13-27)11-20(10-18)14-27/h3-6,18-21H,2,7-17H2,1H3,(H,28,30). The number of nitrogens with one attached hydrogen (secondary N) is 1. The number of nitrogens with zero attached hydrogens (tertiary/aromatic N) is 1. The molecule has 1 aromatic rings. The molecule has 1 aromatic carbocycles. The Morgan fingerprint density at radius 2 is 1.73 bits per heavy atom. The number of amides is 2. The average molecular weight is 549 g/mol. The second-order valence-corrected chi connectivity index (χ2v) is 14.6. The van der Waals surface area contributed by atoms with Crippen molar-refractivity contribution >= 4 is 39.4 Å². The first kappa shape index (κ1) is 26.5. The van der Waals surface area contributed by atoms with Crippen molar-refractivity contribution in [2.45, 2.75) is 68.3 Å². The van der Waals surface area contributed by atoms with Gasteiger partial charge < -0.3 is 15.0 Å². The number of carbonyl (C=O) groups excluding carboxylic acids is 3. The molecule has 10 heteroatoms. The van der Waals surface area contributed by atoms with Gasteiger partial charge in [-0.2, -0.15) is 0 Å². The number of benzene rings is 1. The van der Waals surface area contributed by atoms with Gasteiger partial charge in [-0.3, -0.25) is 9.59 Å². The van der Waals surface area contributed by atoms with Crippen molar-refractivity contribution in [1.29, 1.82) is 0 Å². The summed E-state index contributed by atoms with van der Waals surface area (Å²) in [6.07, 6.45) is 7.63. The Morgan fingerprint density at radius 3 is 2.32 bits per heavy atom. The number of esters is 1. The molecule has 1 aliphatic heterocycles. The lowest BCUT2D eigenvalue weighted by Crippen LogP contribution is -2.60. The Kier molecular flexibility index (Phi) is 7.60. The van der Waals surface area contributed by atoms with Crippen molar-refractivity contribution in [3.8, 4) is 0 Å². The number of sulfone groups is 1. The quantitative estimate of drug-likeness (QED) is 0.373. The predicted octanol–water partition coefficient (Wildman–Crippen LogP) is 3.06. The van der Waals surface area contributed by atoms with Crippen LogP contribution in [-0.4, -0.2) is 73.1 Å². The molecule has 202 valence electrons. The van der Waals surface area contributed by atoms with Crippen LogP contribution in [-0.2, 0) is 24.2 Å². The molecule has 1 N–H and O–H groups in total. The van der Waals surface area contributed by atoms with Gasteiger partial charge >= 0.3 is 5.97 Å². The molecular weight excluding hydrogens is 512 g/mol. The molecule has 8 nitrogen and oxygen atoms in total. The van der Waals surface area contributed by atoms with Gasteiger partial charge in [0.15, 0.2) is 16.4 Å². The normalized spacial score (nSPS) is 31.2. The zero-order valence-electron chi connectivity index (χ0n) is 21.3. The first-order valence-electron chi connectivity index (χ1n) is 13.3. The van der Waals surface area contributed by atoms with Gasteiger partial charge in [0.2, 0.25) is 5.91 Å². The van der Waals surface area contributed by atoms with Gasteiger partial charge in [0.25, 0.3) is 5.91 Å². The maximum Gasteiger partial charge on any atom is 0.339 e. The van der Waals surface area contributed by atoms with E-state index in [9.17, 15) is 22.8 Å². The summed E-state index contributed by atoms with van der Waals surface area (Å²) in [5.41, 5.74) is 0.268. The Labute approximate surface area is 223 Å². The molecule has 5 aliphatic rings. The molecule has 1 saturated heterocycles. The van der Waals surface area contributed by atoms with E-state index >= 15 is 0 Å². The van der Waals surface area contributed by atoms with Crippen LogP contribution in [0.5, 0.6) is 0 Å². The number of rotatable bonds is 9. The van der Waals surface area contributed by atoms with Gasteiger partial charge in [-0.15, -0.1) is 11.8 Å². The van der Waals surface area contributed by atoms with Crippen LogP contribution >= 0.6 is 11.8 Å². The summed E-state index contributed by atoms with van der Waals surface area (Å²) in [7, 11) is -3.13.